The van der Waals surface area contributed by atoms with Gasteiger partial charge in [-0.3, -0.25) is 24.7 Å². The van der Waals surface area contributed by atoms with E-state index in [2.05, 4.69) is 76.9 Å². The quantitative estimate of drug-likeness (QED) is 0.0627. The summed E-state index contributed by atoms with van der Waals surface area (Å²) in [4.78, 5) is 47.8. The summed E-state index contributed by atoms with van der Waals surface area (Å²) in [6.07, 6.45) is 9.88. The van der Waals surface area contributed by atoms with Gasteiger partial charge in [-0.15, -0.1) is 0 Å². The number of rotatable bonds is 13. The van der Waals surface area contributed by atoms with Crippen LogP contribution in [0.2, 0.25) is 0 Å². The van der Waals surface area contributed by atoms with Gasteiger partial charge in [0, 0.05) is 88.7 Å². The maximum absolute atomic E-state index is 15.4. The Labute approximate surface area is 475 Å². The fourth-order valence-electron chi connectivity index (χ4n) is 13.9. The number of fused-ring (bicyclic) bond motifs is 4. The van der Waals surface area contributed by atoms with E-state index in [9.17, 15) is 28.4 Å². The Bertz CT molecular complexity index is 3540. The van der Waals surface area contributed by atoms with Gasteiger partial charge < -0.3 is 44.2 Å². The largest absolute Gasteiger partial charge is 0.484 e. The topological polar surface area (TPSA) is 230 Å². The van der Waals surface area contributed by atoms with Gasteiger partial charge in [-0.05, 0) is 142 Å². The SMILES string of the molecule is Cc1ccccc1[C@@H]1CN(Cc2cnc3c(c2)OCCO3)CCN1C1CC2(CCN(c3ccc(C(=O)NS(=O)(=O)c4ccc(NC[C@H]5CC[C@](C)(O)CC5)c([N+](=O)[O-])c4)c(N4c5cc6c(F)c[nH]c6nc5O[C@H]5COCC[C@@H]54)c3)CC2)C1. The predicted molar refractivity (Wildman–Crippen MR) is 305 cm³/mol. The van der Waals surface area contributed by atoms with Crippen LogP contribution >= 0.6 is 0 Å². The molecule has 7 aliphatic rings. The summed E-state index contributed by atoms with van der Waals surface area (Å²) in [7, 11) is -4.70. The van der Waals surface area contributed by atoms with E-state index in [1.54, 1.807) is 19.1 Å². The number of benzene rings is 3. The molecule has 5 aliphatic heterocycles. The van der Waals surface area contributed by atoms with Crippen LogP contribution in [0, 0.1) is 34.2 Å². The number of nitrogens with zero attached hydrogens (tertiary/aromatic N) is 7. The number of H-pyrrole nitrogens is 1. The molecule has 22 heteroatoms. The highest BCUT2D eigenvalue weighted by atomic mass is 32.2. The molecule has 3 saturated heterocycles. The highest BCUT2D eigenvalue weighted by Crippen LogP contribution is 2.54. The van der Waals surface area contributed by atoms with Gasteiger partial charge in [-0.25, -0.2) is 22.5 Å². The summed E-state index contributed by atoms with van der Waals surface area (Å²) in [5.41, 5.74) is 4.77. The summed E-state index contributed by atoms with van der Waals surface area (Å²) in [5.74, 6) is 0.150. The summed E-state index contributed by atoms with van der Waals surface area (Å²) in [6.45, 7) is 11.1. The van der Waals surface area contributed by atoms with Crippen LogP contribution in [-0.4, -0.2) is 139 Å². The van der Waals surface area contributed by atoms with Crippen molar-refractivity contribution in [2.24, 2.45) is 11.3 Å². The Morgan fingerprint density at radius 1 is 0.939 bits per heavy atom. The summed E-state index contributed by atoms with van der Waals surface area (Å²) < 4.78 is 70.1. The molecular formula is C60H69FN10O10S. The number of piperazine rings is 1. The van der Waals surface area contributed by atoms with Crippen molar-refractivity contribution in [3.8, 4) is 17.5 Å². The van der Waals surface area contributed by atoms with Crippen LogP contribution in [0.15, 0.2) is 90.1 Å². The van der Waals surface area contributed by atoms with Crippen molar-refractivity contribution >= 4 is 55.4 Å². The Kier molecular flexibility index (Phi) is 14.2. The first-order valence-electron chi connectivity index (χ1n) is 28.8. The number of nitro groups is 1. The van der Waals surface area contributed by atoms with Crippen LogP contribution in [0.4, 0.5) is 32.8 Å². The molecule has 13 rings (SSSR count). The zero-order chi connectivity index (χ0) is 56.5. The third kappa shape index (κ3) is 10.6. The van der Waals surface area contributed by atoms with Gasteiger partial charge in [-0.2, -0.15) is 4.98 Å². The molecule has 0 unspecified atom stereocenters. The number of ether oxygens (including phenoxy) is 4. The van der Waals surface area contributed by atoms with Crippen LogP contribution in [0.3, 0.4) is 0 Å². The van der Waals surface area contributed by atoms with E-state index in [-0.39, 0.29) is 52.1 Å². The average Bonchev–Trinajstić information content (AvgIpc) is 4.00. The molecule has 3 aromatic heterocycles. The number of nitrogens with one attached hydrogen (secondary N) is 3. The fraction of sp³-hybridized carbons (Fsp3) is 0.483. The number of anilines is 4. The zero-order valence-electron chi connectivity index (χ0n) is 46.1. The lowest BCUT2D eigenvalue weighted by atomic mass is 9.59. The fourth-order valence-corrected chi connectivity index (χ4v) is 14.9. The van der Waals surface area contributed by atoms with Crippen molar-refractivity contribution in [2.45, 2.75) is 113 Å². The van der Waals surface area contributed by atoms with Crippen molar-refractivity contribution < 1.29 is 46.6 Å². The number of aromatic amines is 1. The number of hydrogen-bond donors (Lipinski definition) is 4. The van der Waals surface area contributed by atoms with E-state index < -0.39 is 55.0 Å². The Balaban J connectivity index is 0.754. The summed E-state index contributed by atoms with van der Waals surface area (Å²) in [6, 6.07) is 21.6. The van der Waals surface area contributed by atoms with Crippen LogP contribution < -0.4 is 34.0 Å². The number of carbonyl (C=O) groups is 1. The van der Waals surface area contributed by atoms with Gasteiger partial charge in [0.05, 0.1) is 44.7 Å². The molecule has 0 bridgehead atoms. The number of nitro benzene ring substituents is 1. The molecule has 82 heavy (non-hydrogen) atoms. The lowest BCUT2D eigenvalue weighted by Gasteiger charge is -2.58. The molecule has 2 aliphatic carbocycles. The van der Waals surface area contributed by atoms with Crippen LogP contribution in [0.25, 0.3) is 11.0 Å². The second-order valence-electron chi connectivity index (χ2n) is 23.9. The predicted octanol–water partition coefficient (Wildman–Crippen LogP) is 8.55. The van der Waals surface area contributed by atoms with Crippen LogP contribution in [0.5, 0.6) is 17.5 Å². The third-order valence-electron chi connectivity index (χ3n) is 18.5. The number of amides is 1. The number of aromatic nitrogens is 3. The van der Waals surface area contributed by atoms with Crippen LogP contribution in [-0.2, 0) is 21.3 Å². The van der Waals surface area contributed by atoms with E-state index in [4.69, 9.17) is 18.9 Å². The third-order valence-corrected chi connectivity index (χ3v) is 19.9. The molecule has 1 spiro atoms. The number of pyridine rings is 2. The van der Waals surface area contributed by atoms with Gasteiger partial charge >= 0.3 is 0 Å². The number of aryl methyl sites for hydroxylation is 1. The van der Waals surface area contributed by atoms with E-state index in [1.165, 1.54) is 29.5 Å². The molecular weight excluding hydrogens is 1070 g/mol. The number of hydrogen-bond acceptors (Lipinski definition) is 17. The number of aliphatic hydroxyl groups is 1. The molecule has 2 saturated carbocycles. The van der Waals surface area contributed by atoms with Crippen molar-refractivity contribution in [2.75, 3.05) is 80.8 Å². The van der Waals surface area contributed by atoms with Crippen molar-refractivity contribution in [3.63, 3.8) is 0 Å². The molecule has 3 aromatic carbocycles. The molecule has 8 heterocycles. The van der Waals surface area contributed by atoms with Gasteiger partial charge in [0.25, 0.3) is 27.5 Å². The maximum Gasteiger partial charge on any atom is 0.293 e. The van der Waals surface area contributed by atoms with Gasteiger partial charge in [0.1, 0.15) is 42.2 Å². The summed E-state index contributed by atoms with van der Waals surface area (Å²) >= 11 is 0. The average molecular weight is 1140 g/mol. The monoisotopic (exact) mass is 1140 g/mol. The van der Waals surface area contributed by atoms with Gasteiger partial charge in [0.15, 0.2) is 5.75 Å². The van der Waals surface area contributed by atoms with Crippen molar-refractivity contribution in [1.29, 1.82) is 0 Å². The smallest absolute Gasteiger partial charge is 0.293 e. The Hall–Kier alpha value is -7.11. The lowest BCUT2D eigenvalue weighted by Crippen LogP contribution is -2.59. The summed E-state index contributed by atoms with van der Waals surface area (Å²) in [5, 5.41) is 26.2. The Morgan fingerprint density at radius 2 is 1.74 bits per heavy atom. The first-order chi connectivity index (χ1) is 39.6. The van der Waals surface area contributed by atoms with Crippen LogP contribution in [0.1, 0.15) is 97.8 Å². The molecule has 1 amide bonds. The van der Waals surface area contributed by atoms with E-state index in [0.717, 1.165) is 95.1 Å². The van der Waals surface area contributed by atoms with Crippen molar-refractivity contribution in [1.82, 2.24) is 29.5 Å². The number of halogens is 1. The highest BCUT2D eigenvalue weighted by Gasteiger charge is 2.50. The standard InChI is InChI=1S/C60H69FN10O10S/c1-37-5-3-4-6-43(37)52-35-67(34-39-25-53-58(64-32-39)80-24-23-79-53)20-21-69(52)41-29-60(30-41)16-18-68(19-17-60)40-7-9-44(49(26-40)70-48-13-22-78-36-54(48)81-57-51(70)28-45-46(61)33-63-55(45)65-57)56(72)66-82(76,77)42-8-10-47(50(27-42)71(74)75)62-31-38-11-14-59(2,73)15-12-38/h3-10,25-28,32-33,38,41,48,52,54,62,73H,11-24,29-31,34-36H2,1-2H3,(H,63,65)(H,66,72)/t38-,48-,52-,54-,59-/m0/s1. The molecule has 0 radical (unpaired) electrons. The number of piperidine rings is 1. The molecule has 20 nitrogen and oxygen atoms in total. The molecule has 432 valence electrons. The van der Waals surface area contributed by atoms with E-state index >= 15 is 4.39 Å². The maximum atomic E-state index is 15.4. The lowest BCUT2D eigenvalue weighted by molar-refractivity contribution is -0.384. The molecule has 6 aromatic rings. The molecule has 5 fully saturated rings. The minimum atomic E-state index is -4.70. The first kappa shape index (κ1) is 54.2. The molecule has 3 atom stereocenters. The van der Waals surface area contributed by atoms with E-state index in [1.807, 2.05) is 23.2 Å². The second kappa shape index (κ2) is 21.6. The first-order valence-corrected chi connectivity index (χ1v) is 30.2. The number of carbonyl (C=O) groups excluding carboxylic acids is 1. The highest BCUT2D eigenvalue weighted by molar-refractivity contribution is 7.90. The minimum Gasteiger partial charge on any atom is -0.484 e. The zero-order valence-corrected chi connectivity index (χ0v) is 47.0. The van der Waals surface area contributed by atoms with E-state index in [0.29, 0.717) is 74.7 Å². The van der Waals surface area contributed by atoms with Gasteiger partial charge in [0.2, 0.25) is 5.88 Å². The van der Waals surface area contributed by atoms with Crippen molar-refractivity contribution in [3.05, 3.63) is 123 Å². The minimum absolute atomic E-state index is 0.0147. The van der Waals surface area contributed by atoms with Gasteiger partial charge in [-0.1, -0.05) is 24.3 Å². The molecule has 4 N–H and O–H groups in total. The Morgan fingerprint density at radius 3 is 2.55 bits per heavy atom. The number of sulfonamides is 1. The normalized spacial score (nSPS) is 24.7. The second-order valence-corrected chi connectivity index (χ2v) is 25.6.